The second-order valence-electron chi connectivity index (χ2n) is 7.68. The minimum atomic E-state index is -3.68. The summed E-state index contributed by atoms with van der Waals surface area (Å²) in [7, 11) is -3.68. The van der Waals surface area contributed by atoms with Crippen LogP contribution in [0.15, 0.2) is 47.5 Å². The van der Waals surface area contributed by atoms with Crippen molar-refractivity contribution in [2.24, 2.45) is 0 Å². The van der Waals surface area contributed by atoms with E-state index in [0.717, 1.165) is 24.1 Å². The van der Waals surface area contributed by atoms with Gasteiger partial charge in [-0.05, 0) is 49.1 Å². The molecule has 2 aromatic rings. The van der Waals surface area contributed by atoms with E-state index in [1.165, 1.54) is 4.31 Å². The molecular weight excluding hydrogens is 402 g/mol. The van der Waals surface area contributed by atoms with Crippen molar-refractivity contribution >= 4 is 15.9 Å². The number of rotatable bonds is 7. The SMILES string of the molecule is CCc1ccc(C(=O)N(Cc2ccccn2)C2CC2)cc1S(=O)(=O)N1CCOCC1. The standard InChI is InChI=1S/C22H27N3O4S/c1-2-17-6-7-18(15-21(17)30(27,28)24-11-13-29-14-12-24)22(26)25(20-8-9-20)16-19-5-3-4-10-23-19/h3-7,10,15,20H,2,8-9,11-14,16H2,1H3. The number of morpholine rings is 1. The summed E-state index contributed by atoms with van der Waals surface area (Å²) in [4.78, 5) is 19.7. The predicted octanol–water partition coefficient (Wildman–Crippen LogP) is 2.47. The molecule has 160 valence electrons. The lowest BCUT2D eigenvalue weighted by atomic mass is 10.1. The maximum absolute atomic E-state index is 13.4. The van der Waals surface area contributed by atoms with Crippen LogP contribution in [0.25, 0.3) is 0 Å². The fourth-order valence-corrected chi connectivity index (χ4v) is 5.46. The molecule has 1 aromatic heterocycles. The van der Waals surface area contributed by atoms with Crippen molar-refractivity contribution in [3.63, 3.8) is 0 Å². The first-order valence-electron chi connectivity index (χ1n) is 10.4. The maximum atomic E-state index is 13.4. The number of hydrogen-bond donors (Lipinski definition) is 0. The Balaban J connectivity index is 1.65. The average Bonchev–Trinajstić information content (AvgIpc) is 3.63. The third-order valence-corrected chi connectivity index (χ3v) is 7.57. The van der Waals surface area contributed by atoms with Crippen molar-refractivity contribution in [1.82, 2.24) is 14.2 Å². The van der Waals surface area contributed by atoms with Gasteiger partial charge in [-0.3, -0.25) is 9.78 Å². The molecule has 0 spiro atoms. The fraction of sp³-hybridized carbons (Fsp3) is 0.455. The summed E-state index contributed by atoms with van der Waals surface area (Å²) in [5, 5.41) is 0. The summed E-state index contributed by atoms with van der Waals surface area (Å²) in [5.74, 6) is -0.149. The third kappa shape index (κ3) is 4.40. The van der Waals surface area contributed by atoms with Crippen LogP contribution in [0.5, 0.6) is 0 Å². The molecule has 1 aromatic carbocycles. The lowest BCUT2D eigenvalue weighted by molar-refractivity contribution is 0.0724. The van der Waals surface area contributed by atoms with E-state index < -0.39 is 10.0 Å². The van der Waals surface area contributed by atoms with E-state index in [4.69, 9.17) is 4.74 Å². The highest BCUT2D eigenvalue weighted by Gasteiger charge is 2.34. The average molecular weight is 430 g/mol. The highest BCUT2D eigenvalue weighted by atomic mass is 32.2. The molecule has 0 unspecified atom stereocenters. The molecule has 1 aliphatic carbocycles. The van der Waals surface area contributed by atoms with Crippen molar-refractivity contribution in [3.8, 4) is 0 Å². The lowest BCUT2D eigenvalue weighted by Crippen LogP contribution is -2.41. The Morgan fingerprint density at radius 3 is 2.60 bits per heavy atom. The van der Waals surface area contributed by atoms with Gasteiger partial charge in [-0.25, -0.2) is 8.42 Å². The molecule has 1 aliphatic heterocycles. The molecule has 4 rings (SSSR count). The smallest absolute Gasteiger partial charge is 0.254 e. The monoisotopic (exact) mass is 429 g/mol. The number of benzene rings is 1. The lowest BCUT2D eigenvalue weighted by Gasteiger charge is -2.27. The van der Waals surface area contributed by atoms with Crippen LogP contribution in [0.2, 0.25) is 0 Å². The van der Waals surface area contributed by atoms with Crippen LogP contribution in [0, 0.1) is 0 Å². The van der Waals surface area contributed by atoms with Gasteiger partial charge in [-0.15, -0.1) is 0 Å². The van der Waals surface area contributed by atoms with Crippen molar-refractivity contribution < 1.29 is 17.9 Å². The minimum absolute atomic E-state index is 0.149. The van der Waals surface area contributed by atoms with Gasteiger partial charge in [0.25, 0.3) is 5.91 Å². The van der Waals surface area contributed by atoms with E-state index in [2.05, 4.69) is 4.98 Å². The van der Waals surface area contributed by atoms with Crippen molar-refractivity contribution in [3.05, 3.63) is 59.4 Å². The number of sulfonamides is 1. The van der Waals surface area contributed by atoms with Crippen LogP contribution >= 0.6 is 0 Å². The van der Waals surface area contributed by atoms with E-state index in [1.807, 2.05) is 30.0 Å². The number of carbonyl (C=O) groups is 1. The first-order chi connectivity index (χ1) is 14.5. The highest BCUT2D eigenvalue weighted by Crippen LogP contribution is 2.31. The van der Waals surface area contributed by atoms with Crippen LogP contribution in [0.3, 0.4) is 0 Å². The fourth-order valence-electron chi connectivity index (χ4n) is 3.73. The molecule has 0 N–H and O–H groups in total. The zero-order chi connectivity index (χ0) is 21.1. The van der Waals surface area contributed by atoms with Gasteiger partial charge in [0.1, 0.15) is 0 Å². The number of carbonyl (C=O) groups excluding carboxylic acids is 1. The summed E-state index contributed by atoms with van der Waals surface area (Å²) in [6, 6.07) is 10.9. The number of pyridine rings is 1. The number of aryl methyl sites for hydroxylation is 1. The molecule has 8 heteroatoms. The molecule has 7 nitrogen and oxygen atoms in total. The number of nitrogens with zero attached hydrogens (tertiary/aromatic N) is 3. The summed E-state index contributed by atoms with van der Waals surface area (Å²) in [5.41, 5.74) is 1.95. The summed E-state index contributed by atoms with van der Waals surface area (Å²) < 4.78 is 33.3. The van der Waals surface area contributed by atoms with Gasteiger partial charge in [0.15, 0.2) is 0 Å². The number of aromatic nitrogens is 1. The zero-order valence-electron chi connectivity index (χ0n) is 17.2. The van der Waals surface area contributed by atoms with Crippen LogP contribution < -0.4 is 0 Å². The second-order valence-corrected chi connectivity index (χ2v) is 9.58. The van der Waals surface area contributed by atoms with Gasteiger partial charge < -0.3 is 9.64 Å². The molecule has 2 fully saturated rings. The van der Waals surface area contributed by atoms with Crippen LogP contribution in [-0.4, -0.2) is 60.9 Å². The van der Waals surface area contributed by atoms with Gasteiger partial charge in [0, 0.05) is 30.9 Å². The van der Waals surface area contributed by atoms with Crippen molar-refractivity contribution in [2.45, 2.75) is 43.7 Å². The molecule has 0 atom stereocenters. The Hall–Kier alpha value is -2.29. The molecule has 2 heterocycles. The van der Waals surface area contributed by atoms with Gasteiger partial charge in [0.05, 0.1) is 30.3 Å². The van der Waals surface area contributed by atoms with E-state index >= 15 is 0 Å². The molecule has 30 heavy (non-hydrogen) atoms. The van der Waals surface area contributed by atoms with Gasteiger partial charge in [-0.2, -0.15) is 4.31 Å². The first kappa shape index (κ1) is 21.0. The first-order valence-corrected chi connectivity index (χ1v) is 11.9. The highest BCUT2D eigenvalue weighted by molar-refractivity contribution is 7.89. The second kappa shape index (κ2) is 8.83. The Morgan fingerprint density at radius 1 is 1.20 bits per heavy atom. The predicted molar refractivity (Wildman–Crippen MR) is 113 cm³/mol. The van der Waals surface area contributed by atoms with Crippen LogP contribution in [0.4, 0.5) is 0 Å². The Labute approximate surface area is 177 Å². The summed E-state index contributed by atoms with van der Waals surface area (Å²) in [6.07, 6.45) is 4.22. The topological polar surface area (TPSA) is 79.8 Å². The number of amides is 1. The Bertz CT molecular complexity index is 1000. The van der Waals surface area contributed by atoms with E-state index in [1.54, 1.807) is 24.4 Å². The molecule has 1 saturated heterocycles. The van der Waals surface area contributed by atoms with Gasteiger partial charge in [-0.1, -0.05) is 19.1 Å². The van der Waals surface area contributed by atoms with Gasteiger partial charge in [0.2, 0.25) is 10.0 Å². The van der Waals surface area contributed by atoms with Crippen LogP contribution in [0.1, 0.15) is 41.4 Å². The van der Waals surface area contributed by atoms with E-state index in [0.29, 0.717) is 44.8 Å². The normalized spacial score (nSPS) is 17.6. The molecule has 2 aliphatic rings. The minimum Gasteiger partial charge on any atom is -0.379 e. The van der Waals surface area contributed by atoms with E-state index in [-0.39, 0.29) is 16.8 Å². The molecule has 1 amide bonds. The zero-order valence-corrected chi connectivity index (χ0v) is 18.0. The van der Waals surface area contributed by atoms with Crippen molar-refractivity contribution in [2.75, 3.05) is 26.3 Å². The van der Waals surface area contributed by atoms with E-state index in [9.17, 15) is 13.2 Å². The largest absolute Gasteiger partial charge is 0.379 e. The molecular formula is C22H27N3O4S. The maximum Gasteiger partial charge on any atom is 0.254 e. The Kier molecular flexibility index (Phi) is 6.17. The summed E-state index contributed by atoms with van der Waals surface area (Å²) >= 11 is 0. The Morgan fingerprint density at radius 2 is 1.97 bits per heavy atom. The number of ether oxygens (including phenoxy) is 1. The van der Waals surface area contributed by atoms with Crippen LogP contribution in [-0.2, 0) is 27.7 Å². The third-order valence-electron chi connectivity index (χ3n) is 5.59. The molecule has 1 saturated carbocycles. The molecule has 0 bridgehead atoms. The quantitative estimate of drug-likeness (QED) is 0.676. The summed E-state index contributed by atoms with van der Waals surface area (Å²) in [6.45, 7) is 3.78. The molecule has 0 radical (unpaired) electrons. The van der Waals surface area contributed by atoms with Crippen molar-refractivity contribution in [1.29, 1.82) is 0 Å². The number of hydrogen-bond acceptors (Lipinski definition) is 5. The van der Waals surface area contributed by atoms with Gasteiger partial charge >= 0.3 is 0 Å².